The van der Waals surface area contributed by atoms with Gasteiger partial charge in [0.2, 0.25) is 5.88 Å². The standard InChI is InChI=1S/C18H18N4O3/c1-12(23)15-9-19-22(10-15)17-8-18(21-13(2)20-17)25-11-14-4-6-16(24-3)7-5-14/h4-10H,11H2,1-3H3. The van der Waals surface area contributed by atoms with Crippen LogP contribution >= 0.6 is 0 Å². The summed E-state index contributed by atoms with van der Waals surface area (Å²) >= 11 is 0. The summed E-state index contributed by atoms with van der Waals surface area (Å²) in [6, 6.07) is 9.30. The maximum atomic E-state index is 11.4. The number of rotatable bonds is 6. The minimum atomic E-state index is -0.0481. The highest BCUT2D eigenvalue weighted by Gasteiger charge is 2.09. The smallest absolute Gasteiger partial charge is 0.219 e. The highest BCUT2D eigenvalue weighted by Crippen LogP contribution is 2.16. The number of nitrogens with zero attached hydrogens (tertiary/aromatic N) is 4. The van der Waals surface area contributed by atoms with Gasteiger partial charge >= 0.3 is 0 Å². The van der Waals surface area contributed by atoms with Gasteiger partial charge in [-0.1, -0.05) is 12.1 Å². The number of ketones is 1. The molecule has 0 aliphatic heterocycles. The van der Waals surface area contributed by atoms with Crippen molar-refractivity contribution in [3.63, 3.8) is 0 Å². The Labute approximate surface area is 145 Å². The first-order valence-electron chi connectivity index (χ1n) is 7.72. The zero-order valence-electron chi connectivity index (χ0n) is 14.3. The molecule has 0 saturated carbocycles. The van der Waals surface area contributed by atoms with Crippen molar-refractivity contribution < 1.29 is 14.3 Å². The second-order valence-electron chi connectivity index (χ2n) is 5.48. The molecule has 25 heavy (non-hydrogen) atoms. The number of aromatic nitrogens is 4. The topological polar surface area (TPSA) is 79.1 Å². The number of aryl methyl sites for hydroxylation is 1. The maximum Gasteiger partial charge on any atom is 0.219 e. The van der Waals surface area contributed by atoms with Crippen molar-refractivity contribution >= 4 is 5.78 Å². The highest BCUT2D eigenvalue weighted by atomic mass is 16.5. The quantitative estimate of drug-likeness (QED) is 0.643. The van der Waals surface area contributed by atoms with E-state index in [1.54, 1.807) is 26.3 Å². The molecule has 0 N–H and O–H groups in total. The van der Waals surface area contributed by atoms with E-state index in [1.807, 2.05) is 24.3 Å². The fraction of sp³-hybridized carbons (Fsp3) is 0.222. The normalized spacial score (nSPS) is 10.5. The molecule has 0 radical (unpaired) electrons. The number of hydrogen-bond acceptors (Lipinski definition) is 6. The van der Waals surface area contributed by atoms with Gasteiger partial charge in [0.1, 0.15) is 18.2 Å². The van der Waals surface area contributed by atoms with Gasteiger partial charge in [-0.15, -0.1) is 0 Å². The summed E-state index contributed by atoms with van der Waals surface area (Å²) in [5.41, 5.74) is 1.52. The summed E-state index contributed by atoms with van der Waals surface area (Å²) in [4.78, 5) is 20.0. The summed E-state index contributed by atoms with van der Waals surface area (Å²) in [6.45, 7) is 3.65. The van der Waals surface area contributed by atoms with E-state index in [1.165, 1.54) is 17.8 Å². The molecule has 0 aliphatic carbocycles. The third kappa shape index (κ3) is 4.00. The molecule has 0 spiro atoms. The van der Waals surface area contributed by atoms with Gasteiger partial charge in [0.25, 0.3) is 0 Å². The molecule has 7 nitrogen and oxygen atoms in total. The third-order valence-electron chi connectivity index (χ3n) is 3.57. The predicted molar refractivity (Wildman–Crippen MR) is 91.2 cm³/mol. The Kier molecular flexibility index (Phi) is 4.74. The Hall–Kier alpha value is -3.22. The van der Waals surface area contributed by atoms with Crippen molar-refractivity contribution in [3.05, 3.63) is 59.7 Å². The van der Waals surface area contributed by atoms with Crippen molar-refractivity contribution in [1.29, 1.82) is 0 Å². The van der Waals surface area contributed by atoms with Crippen LogP contribution in [0.1, 0.15) is 28.7 Å². The largest absolute Gasteiger partial charge is 0.497 e. The summed E-state index contributed by atoms with van der Waals surface area (Å²) in [6.07, 6.45) is 3.15. The van der Waals surface area contributed by atoms with E-state index in [4.69, 9.17) is 9.47 Å². The summed E-state index contributed by atoms with van der Waals surface area (Å²) in [7, 11) is 1.63. The monoisotopic (exact) mass is 338 g/mol. The Bertz CT molecular complexity index is 888. The second kappa shape index (κ2) is 7.12. The fourth-order valence-electron chi connectivity index (χ4n) is 2.23. The molecular formula is C18H18N4O3. The van der Waals surface area contributed by atoms with Crippen molar-refractivity contribution in [2.45, 2.75) is 20.5 Å². The van der Waals surface area contributed by atoms with Crippen LogP contribution in [0.5, 0.6) is 11.6 Å². The van der Waals surface area contributed by atoms with E-state index < -0.39 is 0 Å². The van der Waals surface area contributed by atoms with Crippen molar-refractivity contribution in [2.24, 2.45) is 0 Å². The second-order valence-corrected chi connectivity index (χ2v) is 5.48. The van der Waals surface area contributed by atoms with Gasteiger partial charge in [-0.05, 0) is 31.5 Å². The Morgan fingerprint density at radius 3 is 2.60 bits per heavy atom. The lowest BCUT2D eigenvalue weighted by Gasteiger charge is -2.09. The van der Waals surface area contributed by atoms with Gasteiger partial charge in [0.15, 0.2) is 11.6 Å². The lowest BCUT2D eigenvalue weighted by molar-refractivity contribution is 0.101. The van der Waals surface area contributed by atoms with Crippen LogP contribution in [0.3, 0.4) is 0 Å². The molecule has 0 aliphatic rings. The Balaban J connectivity index is 1.77. The van der Waals surface area contributed by atoms with Crippen LogP contribution in [0.25, 0.3) is 5.82 Å². The van der Waals surface area contributed by atoms with Gasteiger partial charge in [0.05, 0.1) is 18.9 Å². The van der Waals surface area contributed by atoms with Crippen LogP contribution in [-0.4, -0.2) is 32.6 Å². The molecular weight excluding hydrogens is 320 g/mol. The van der Waals surface area contributed by atoms with Gasteiger partial charge in [-0.3, -0.25) is 4.79 Å². The molecule has 0 unspecified atom stereocenters. The van der Waals surface area contributed by atoms with Crippen molar-refractivity contribution in [2.75, 3.05) is 7.11 Å². The van der Waals surface area contributed by atoms with E-state index in [9.17, 15) is 4.79 Å². The van der Waals surface area contributed by atoms with Crippen LogP contribution in [0.4, 0.5) is 0 Å². The number of Topliss-reactive ketones (excluding diaryl/α,β-unsaturated/α-hetero) is 1. The first-order valence-corrected chi connectivity index (χ1v) is 7.72. The molecule has 0 atom stereocenters. The molecule has 0 bridgehead atoms. The van der Waals surface area contributed by atoms with E-state index in [2.05, 4.69) is 15.1 Å². The number of methoxy groups -OCH3 is 1. The zero-order chi connectivity index (χ0) is 17.8. The highest BCUT2D eigenvalue weighted by molar-refractivity contribution is 5.93. The first kappa shape index (κ1) is 16.6. The molecule has 128 valence electrons. The molecule has 3 aromatic rings. The molecule has 0 saturated heterocycles. The zero-order valence-corrected chi connectivity index (χ0v) is 14.3. The third-order valence-corrected chi connectivity index (χ3v) is 3.57. The fourth-order valence-corrected chi connectivity index (χ4v) is 2.23. The molecule has 3 rings (SSSR count). The van der Waals surface area contributed by atoms with Gasteiger partial charge in [-0.25, -0.2) is 9.67 Å². The first-order chi connectivity index (χ1) is 12.0. The Morgan fingerprint density at radius 2 is 1.96 bits per heavy atom. The lowest BCUT2D eigenvalue weighted by Crippen LogP contribution is -2.04. The van der Waals surface area contributed by atoms with E-state index in [0.29, 0.717) is 29.7 Å². The SMILES string of the molecule is COc1ccc(COc2cc(-n3cc(C(C)=O)cn3)nc(C)n2)cc1. The molecule has 0 amide bonds. The van der Waals surface area contributed by atoms with Gasteiger partial charge in [-0.2, -0.15) is 10.1 Å². The lowest BCUT2D eigenvalue weighted by atomic mass is 10.2. The number of hydrogen-bond donors (Lipinski definition) is 0. The van der Waals surface area contributed by atoms with Crippen molar-refractivity contribution in [1.82, 2.24) is 19.7 Å². The minimum absolute atomic E-state index is 0.0481. The van der Waals surface area contributed by atoms with Gasteiger partial charge in [0, 0.05) is 12.3 Å². The van der Waals surface area contributed by atoms with E-state index in [-0.39, 0.29) is 5.78 Å². The number of benzene rings is 1. The number of carbonyl (C=O) groups is 1. The molecule has 2 heterocycles. The van der Waals surface area contributed by atoms with Crippen molar-refractivity contribution in [3.8, 4) is 17.4 Å². The van der Waals surface area contributed by atoms with Crippen LogP contribution in [0.2, 0.25) is 0 Å². The van der Waals surface area contributed by atoms with E-state index >= 15 is 0 Å². The summed E-state index contributed by atoms with van der Waals surface area (Å²) in [5.74, 6) is 2.29. The molecule has 1 aromatic carbocycles. The molecule has 7 heteroatoms. The number of ether oxygens (including phenoxy) is 2. The van der Waals surface area contributed by atoms with Gasteiger partial charge < -0.3 is 9.47 Å². The van der Waals surface area contributed by atoms with Crippen LogP contribution in [0.15, 0.2) is 42.7 Å². The average Bonchev–Trinajstić information content (AvgIpc) is 3.10. The molecule has 2 aromatic heterocycles. The van der Waals surface area contributed by atoms with Crippen LogP contribution in [0, 0.1) is 6.92 Å². The summed E-state index contributed by atoms with van der Waals surface area (Å²) in [5, 5.41) is 4.16. The predicted octanol–water partition coefficient (Wildman–Crippen LogP) is 2.76. The number of carbonyl (C=O) groups excluding carboxylic acids is 1. The van der Waals surface area contributed by atoms with E-state index in [0.717, 1.165) is 11.3 Å². The minimum Gasteiger partial charge on any atom is -0.497 e. The summed E-state index contributed by atoms with van der Waals surface area (Å²) < 4.78 is 12.4. The Morgan fingerprint density at radius 1 is 1.20 bits per heavy atom. The maximum absolute atomic E-state index is 11.4. The molecule has 0 fully saturated rings. The average molecular weight is 338 g/mol. The van der Waals surface area contributed by atoms with Crippen LogP contribution in [-0.2, 0) is 6.61 Å². The van der Waals surface area contributed by atoms with Crippen LogP contribution < -0.4 is 9.47 Å².